The summed E-state index contributed by atoms with van der Waals surface area (Å²) < 4.78 is 52.1. The molecule has 0 saturated heterocycles. The van der Waals surface area contributed by atoms with Gasteiger partial charge in [0.15, 0.2) is 11.6 Å². The highest BCUT2D eigenvalue weighted by molar-refractivity contribution is 6.01. The summed E-state index contributed by atoms with van der Waals surface area (Å²) >= 11 is 0. The Hall–Kier alpha value is -5.36. The second-order valence-corrected chi connectivity index (χ2v) is 11.0. The van der Waals surface area contributed by atoms with E-state index in [1.165, 1.54) is 12.1 Å². The van der Waals surface area contributed by atoms with Crippen molar-refractivity contribution >= 4 is 11.8 Å². The number of hydrazine groups is 1. The van der Waals surface area contributed by atoms with Crippen LogP contribution in [-0.2, 0) is 35.2 Å². The quantitative estimate of drug-likeness (QED) is 0.0461. The van der Waals surface area contributed by atoms with Crippen molar-refractivity contribution in [3.8, 4) is 5.75 Å². The monoisotopic (exact) mass is 658 g/mol. The molecule has 248 valence electrons. The van der Waals surface area contributed by atoms with Crippen LogP contribution in [0.2, 0.25) is 0 Å². The maximum atomic E-state index is 14.4. The number of benzene rings is 4. The standard InChI is InChI=1S/C35H33F3N6O4/c36-35(37,38)28-12-6-10-25(20-28)22-40-43-33(46)34(21-24-8-2-1-3-9-24)31(30-13-5-4-11-27(30)23-41-44-39)48-32(42-34)26-14-16-29(17-15-26)47-19-7-18-45/h1-6,8-17,20,31,40,45H,7,18-19,21-23H2,(H,43,46)/t31-,34-/m0/s1. The molecule has 48 heavy (non-hydrogen) atoms. The van der Waals surface area contributed by atoms with Crippen LogP contribution in [0.25, 0.3) is 10.4 Å². The second kappa shape index (κ2) is 15.5. The third kappa shape index (κ3) is 8.13. The number of nitrogens with zero attached hydrogens (tertiary/aromatic N) is 4. The van der Waals surface area contributed by atoms with E-state index in [0.29, 0.717) is 41.0 Å². The first-order valence-corrected chi connectivity index (χ1v) is 15.2. The van der Waals surface area contributed by atoms with Crippen molar-refractivity contribution in [1.29, 1.82) is 0 Å². The fraction of sp³-hybridized carbons (Fsp3) is 0.257. The average molecular weight is 659 g/mol. The van der Waals surface area contributed by atoms with Crippen molar-refractivity contribution in [1.82, 2.24) is 10.9 Å². The maximum Gasteiger partial charge on any atom is 0.416 e. The van der Waals surface area contributed by atoms with Gasteiger partial charge in [-0.15, -0.1) is 0 Å². The molecule has 0 bridgehead atoms. The smallest absolute Gasteiger partial charge is 0.416 e. The van der Waals surface area contributed by atoms with Gasteiger partial charge in [0, 0.05) is 36.5 Å². The number of rotatable bonds is 14. The molecule has 0 saturated carbocycles. The number of carbonyl (C=O) groups is 1. The number of hydrogen-bond acceptors (Lipinski definition) is 7. The molecule has 1 aliphatic heterocycles. The number of carbonyl (C=O) groups excluding carboxylic acids is 1. The highest BCUT2D eigenvalue weighted by atomic mass is 19.4. The Labute approximate surface area is 274 Å². The zero-order valence-electron chi connectivity index (χ0n) is 25.7. The number of halogens is 3. The molecule has 0 radical (unpaired) electrons. The summed E-state index contributed by atoms with van der Waals surface area (Å²) in [6, 6.07) is 28.2. The minimum atomic E-state index is -4.51. The zero-order chi connectivity index (χ0) is 34.0. The van der Waals surface area contributed by atoms with Crippen LogP contribution in [0.15, 0.2) is 113 Å². The largest absolute Gasteiger partial charge is 0.494 e. The van der Waals surface area contributed by atoms with Crippen LogP contribution in [0.4, 0.5) is 13.2 Å². The molecule has 1 aliphatic rings. The molecule has 13 heteroatoms. The van der Waals surface area contributed by atoms with Gasteiger partial charge in [0.1, 0.15) is 5.75 Å². The van der Waals surface area contributed by atoms with Crippen molar-refractivity contribution < 1.29 is 32.5 Å². The lowest BCUT2D eigenvalue weighted by atomic mass is 9.81. The van der Waals surface area contributed by atoms with E-state index in [2.05, 4.69) is 20.9 Å². The van der Waals surface area contributed by atoms with Crippen molar-refractivity contribution in [2.75, 3.05) is 13.2 Å². The first-order valence-electron chi connectivity index (χ1n) is 15.2. The molecule has 0 unspecified atom stereocenters. The SMILES string of the molecule is [N-]=[N+]=NCc1ccccc1[C@@H]1OC(c2ccc(OCCCO)cc2)=N[C@]1(Cc1ccccc1)C(=O)NNCc1cccc(C(F)(F)F)c1. The summed E-state index contributed by atoms with van der Waals surface area (Å²) in [5.74, 6) is 0.180. The summed E-state index contributed by atoms with van der Waals surface area (Å²) in [6.45, 7) is 0.250. The number of aliphatic hydroxyl groups is 1. The fourth-order valence-electron chi connectivity index (χ4n) is 5.40. The third-order valence-corrected chi connectivity index (χ3v) is 7.74. The molecule has 0 fully saturated rings. The number of amides is 1. The van der Waals surface area contributed by atoms with Crippen LogP contribution in [-0.4, -0.2) is 35.7 Å². The molecule has 0 spiro atoms. The summed E-state index contributed by atoms with van der Waals surface area (Å²) in [5, 5.41) is 12.8. The Morgan fingerprint density at radius 2 is 1.73 bits per heavy atom. The van der Waals surface area contributed by atoms with Crippen molar-refractivity contribution in [2.45, 2.75) is 43.8 Å². The predicted molar refractivity (Wildman–Crippen MR) is 173 cm³/mol. The van der Waals surface area contributed by atoms with Gasteiger partial charge in [0.05, 0.1) is 18.7 Å². The molecule has 5 rings (SSSR count). The minimum Gasteiger partial charge on any atom is -0.494 e. The van der Waals surface area contributed by atoms with E-state index < -0.39 is 29.3 Å². The van der Waals surface area contributed by atoms with Crippen LogP contribution >= 0.6 is 0 Å². The van der Waals surface area contributed by atoms with Gasteiger partial charge in [0.2, 0.25) is 5.90 Å². The van der Waals surface area contributed by atoms with Gasteiger partial charge < -0.3 is 14.6 Å². The Kier molecular flexibility index (Phi) is 11.0. The minimum absolute atomic E-state index is 0.00141. The molecular weight excluding hydrogens is 625 g/mol. The number of aliphatic imine (C=N–C) groups is 1. The number of ether oxygens (including phenoxy) is 2. The lowest BCUT2D eigenvalue weighted by molar-refractivity contribution is -0.137. The van der Waals surface area contributed by atoms with Crippen molar-refractivity contribution in [3.63, 3.8) is 0 Å². The summed E-state index contributed by atoms with van der Waals surface area (Å²) in [6.07, 6.45) is -4.93. The van der Waals surface area contributed by atoms with Crippen LogP contribution < -0.4 is 15.6 Å². The van der Waals surface area contributed by atoms with Gasteiger partial charge in [-0.1, -0.05) is 77.9 Å². The van der Waals surface area contributed by atoms with Gasteiger partial charge in [0.25, 0.3) is 5.91 Å². The van der Waals surface area contributed by atoms with Gasteiger partial charge in [-0.3, -0.25) is 10.2 Å². The lowest BCUT2D eigenvalue weighted by Gasteiger charge is -2.31. The molecule has 1 amide bonds. The average Bonchev–Trinajstić information content (AvgIpc) is 3.48. The number of aliphatic hydroxyl groups excluding tert-OH is 1. The van der Waals surface area contributed by atoms with E-state index in [-0.39, 0.29) is 32.0 Å². The van der Waals surface area contributed by atoms with E-state index in [0.717, 1.165) is 17.7 Å². The number of nitrogens with one attached hydrogen (secondary N) is 2. The van der Waals surface area contributed by atoms with E-state index in [1.54, 1.807) is 48.5 Å². The van der Waals surface area contributed by atoms with Gasteiger partial charge in [-0.2, -0.15) is 13.2 Å². The predicted octanol–water partition coefficient (Wildman–Crippen LogP) is 6.60. The fourth-order valence-corrected chi connectivity index (χ4v) is 5.40. The molecule has 0 aliphatic carbocycles. The molecule has 10 nitrogen and oxygen atoms in total. The topological polar surface area (TPSA) is 141 Å². The van der Waals surface area contributed by atoms with Crippen molar-refractivity contribution in [2.24, 2.45) is 10.1 Å². The van der Waals surface area contributed by atoms with E-state index >= 15 is 0 Å². The highest BCUT2D eigenvalue weighted by Crippen LogP contribution is 2.43. The summed E-state index contributed by atoms with van der Waals surface area (Å²) in [7, 11) is 0. The van der Waals surface area contributed by atoms with Crippen LogP contribution in [0.3, 0.4) is 0 Å². The van der Waals surface area contributed by atoms with Gasteiger partial charge in [-0.05, 0) is 58.1 Å². The molecule has 1 heterocycles. The molecule has 0 aromatic heterocycles. The number of alkyl halides is 3. The summed E-state index contributed by atoms with van der Waals surface area (Å²) in [4.78, 5) is 22.3. The Morgan fingerprint density at radius 1 is 1.00 bits per heavy atom. The van der Waals surface area contributed by atoms with E-state index in [1.807, 2.05) is 30.3 Å². The zero-order valence-corrected chi connectivity index (χ0v) is 25.7. The van der Waals surface area contributed by atoms with E-state index in [9.17, 15) is 18.0 Å². The molecular formula is C35H33F3N6O4. The Bertz CT molecular complexity index is 1780. The molecule has 2 atom stereocenters. The number of hydrogen-bond donors (Lipinski definition) is 3. The molecule has 4 aromatic rings. The van der Waals surface area contributed by atoms with E-state index in [4.69, 9.17) is 25.1 Å². The molecule has 4 aromatic carbocycles. The van der Waals surface area contributed by atoms with Gasteiger partial charge >= 0.3 is 6.18 Å². The normalized spacial score (nSPS) is 17.2. The Morgan fingerprint density at radius 3 is 2.46 bits per heavy atom. The van der Waals surface area contributed by atoms with Gasteiger partial charge in [-0.25, -0.2) is 10.4 Å². The third-order valence-electron chi connectivity index (χ3n) is 7.74. The first kappa shape index (κ1) is 34.0. The maximum absolute atomic E-state index is 14.4. The van der Waals surface area contributed by atoms with Crippen molar-refractivity contribution in [3.05, 3.63) is 147 Å². The number of azide groups is 1. The van der Waals surface area contributed by atoms with Crippen LogP contribution in [0.5, 0.6) is 5.75 Å². The Balaban J connectivity index is 1.53. The summed E-state index contributed by atoms with van der Waals surface area (Å²) in [5.41, 5.74) is 15.0. The molecule has 3 N–H and O–H groups in total. The first-order chi connectivity index (χ1) is 23.2. The second-order valence-electron chi connectivity index (χ2n) is 11.0. The highest BCUT2D eigenvalue weighted by Gasteiger charge is 2.54. The van der Waals surface area contributed by atoms with Crippen LogP contribution in [0, 0.1) is 0 Å². The van der Waals surface area contributed by atoms with Crippen LogP contribution in [0.1, 0.15) is 45.9 Å². The lowest BCUT2D eigenvalue weighted by Crippen LogP contribution is -2.53.